The highest BCUT2D eigenvalue weighted by Gasteiger charge is 2.35. The third-order valence-electron chi connectivity index (χ3n) is 3.50. The van der Waals surface area contributed by atoms with E-state index in [-0.39, 0.29) is 10.7 Å². The maximum atomic E-state index is 12.6. The van der Waals surface area contributed by atoms with E-state index in [1.165, 1.54) is 0 Å². The number of nitrogens with zero attached hydrogens (tertiary/aromatic N) is 2. The first kappa shape index (κ1) is 23.5. The lowest BCUT2D eigenvalue weighted by molar-refractivity contribution is -0.394. The number of halogens is 3. The first-order chi connectivity index (χ1) is 14.0. The Kier molecular flexibility index (Phi) is 7.73. The highest BCUT2D eigenvalue weighted by atomic mass is 35.6. The summed E-state index contributed by atoms with van der Waals surface area (Å²) in [4.78, 5) is 32.8. The van der Waals surface area contributed by atoms with Gasteiger partial charge in [0.05, 0.1) is 21.5 Å². The van der Waals surface area contributed by atoms with Crippen molar-refractivity contribution < 1.29 is 14.6 Å². The fraction of sp³-hybridized carbons (Fsp3) is 0.125. The Bertz CT molecular complexity index is 955. The first-order valence-corrected chi connectivity index (χ1v) is 9.45. The summed E-state index contributed by atoms with van der Waals surface area (Å²) in [6.07, 6.45) is -1.38. The number of amides is 1. The lowest BCUT2D eigenvalue weighted by Gasteiger charge is -2.27. The van der Waals surface area contributed by atoms with E-state index in [1.54, 1.807) is 30.3 Å². The van der Waals surface area contributed by atoms with Crippen LogP contribution in [0.4, 0.5) is 17.1 Å². The van der Waals surface area contributed by atoms with Crippen LogP contribution in [0.1, 0.15) is 10.4 Å². The number of para-hydroxylation sites is 1. The molecular formula is C16H12Cl3N5O5S. The van der Waals surface area contributed by atoms with Crippen LogP contribution in [-0.2, 0) is 0 Å². The number of nitro groups is 2. The SMILES string of the molecule is O=C(N[C@H](NC(=S)Nc1ccccc1)C(Cl)(Cl)Cl)c1cc([N+](=O)[O-])cc([N+](=O)[O-])c1. The van der Waals surface area contributed by atoms with E-state index in [2.05, 4.69) is 16.0 Å². The number of carbonyl (C=O) groups excluding carboxylic acids is 1. The molecule has 0 saturated heterocycles. The van der Waals surface area contributed by atoms with Crippen LogP contribution in [0, 0.1) is 20.2 Å². The maximum Gasteiger partial charge on any atom is 0.277 e. The summed E-state index contributed by atoms with van der Waals surface area (Å²) in [5.74, 6) is -0.965. The molecule has 1 amide bonds. The maximum absolute atomic E-state index is 12.6. The average Bonchev–Trinajstić information content (AvgIpc) is 2.66. The van der Waals surface area contributed by atoms with Gasteiger partial charge in [-0.25, -0.2) is 0 Å². The Balaban J connectivity index is 2.22. The van der Waals surface area contributed by atoms with Gasteiger partial charge in [0.1, 0.15) is 6.17 Å². The molecular weight excluding hydrogens is 481 g/mol. The molecule has 0 aliphatic heterocycles. The van der Waals surface area contributed by atoms with Crippen molar-refractivity contribution in [3.63, 3.8) is 0 Å². The molecule has 0 fully saturated rings. The van der Waals surface area contributed by atoms with Gasteiger partial charge in [0.2, 0.25) is 3.79 Å². The average molecular weight is 493 g/mol. The minimum atomic E-state index is -2.09. The van der Waals surface area contributed by atoms with Gasteiger partial charge in [-0.3, -0.25) is 25.0 Å². The van der Waals surface area contributed by atoms with Crippen molar-refractivity contribution in [3.05, 3.63) is 74.3 Å². The summed E-state index contributed by atoms with van der Waals surface area (Å²) in [6, 6.07) is 11.2. The Morgan fingerprint density at radius 3 is 1.97 bits per heavy atom. The molecule has 3 N–H and O–H groups in total. The van der Waals surface area contributed by atoms with Crippen LogP contribution in [0.25, 0.3) is 0 Å². The van der Waals surface area contributed by atoms with Crippen LogP contribution in [0.5, 0.6) is 0 Å². The van der Waals surface area contributed by atoms with Gasteiger partial charge in [-0.05, 0) is 24.4 Å². The molecule has 0 unspecified atom stereocenters. The summed E-state index contributed by atoms with van der Waals surface area (Å²) in [6.45, 7) is 0. The summed E-state index contributed by atoms with van der Waals surface area (Å²) in [5, 5.41) is 29.7. The lowest BCUT2D eigenvalue weighted by atomic mass is 10.1. The Morgan fingerprint density at radius 1 is 0.967 bits per heavy atom. The molecule has 2 aromatic carbocycles. The summed E-state index contributed by atoms with van der Waals surface area (Å²) in [7, 11) is 0. The number of benzene rings is 2. The molecule has 10 nitrogen and oxygen atoms in total. The minimum Gasteiger partial charge on any atom is -0.339 e. The molecule has 0 bridgehead atoms. The van der Waals surface area contributed by atoms with Crippen molar-refractivity contribution >= 4 is 75.1 Å². The van der Waals surface area contributed by atoms with E-state index in [1.807, 2.05) is 0 Å². The zero-order chi connectivity index (χ0) is 22.5. The Morgan fingerprint density at radius 2 is 1.50 bits per heavy atom. The van der Waals surface area contributed by atoms with Crippen LogP contribution in [0.2, 0.25) is 0 Å². The number of hydrogen-bond acceptors (Lipinski definition) is 6. The number of anilines is 1. The van der Waals surface area contributed by atoms with Crippen LogP contribution in [0.3, 0.4) is 0 Å². The molecule has 158 valence electrons. The molecule has 0 aliphatic rings. The van der Waals surface area contributed by atoms with Crippen molar-refractivity contribution in [3.8, 4) is 0 Å². The molecule has 2 aromatic rings. The second kappa shape index (κ2) is 9.85. The number of thiocarbonyl (C=S) groups is 1. The van der Waals surface area contributed by atoms with Crippen molar-refractivity contribution in [2.75, 3.05) is 5.32 Å². The van der Waals surface area contributed by atoms with Gasteiger partial charge >= 0.3 is 0 Å². The minimum absolute atomic E-state index is 0.00264. The zero-order valence-electron chi connectivity index (χ0n) is 14.7. The number of hydrogen-bond donors (Lipinski definition) is 3. The van der Waals surface area contributed by atoms with Crippen LogP contribution < -0.4 is 16.0 Å². The largest absolute Gasteiger partial charge is 0.339 e. The van der Waals surface area contributed by atoms with Gasteiger partial charge < -0.3 is 16.0 Å². The summed E-state index contributed by atoms with van der Waals surface area (Å²) < 4.78 is -2.09. The summed E-state index contributed by atoms with van der Waals surface area (Å²) in [5.41, 5.74) is -1.04. The molecule has 1 atom stereocenters. The van der Waals surface area contributed by atoms with Gasteiger partial charge in [0.25, 0.3) is 17.3 Å². The molecule has 0 saturated carbocycles. The molecule has 0 spiro atoms. The molecule has 0 aliphatic carbocycles. The predicted octanol–water partition coefficient (Wildman–Crippen LogP) is 3.92. The Labute approximate surface area is 189 Å². The van der Waals surface area contributed by atoms with Crippen LogP contribution in [-0.4, -0.2) is 30.8 Å². The van der Waals surface area contributed by atoms with Gasteiger partial charge in [-0.1, -0.05) is 53.0 Å². The van der Waals surface area contributed by atoms with Gasteiger partial charge in [0.15, 0.2) is 5.11 Å². The van der Waals surface area contributed by atoms with Gasteiger partial charge in [-0.2, -0.15) is 0 Å². The summed E-state index contributed by atoms with van der Waals surface area (Å²) >= 11 is 22.8. The molecule has 2 rings (SSSR count). The standard InChI is InChI=1S/C16H12Cl3N5O5S/c17-16(18,19)14(22-15(30)20-10-4-2-1-3-5-10)21-13(25)9-6-11(23(26)27)8-12(7-9)24(28)29/h1-8,14H,(H,21,25)(H2,20,22,30)/t14-/m1/s1. The van der Waals surface area contributed by atoms with E-state index in [0.29, 0.717) is 5.69 Å². The molecule has 14 heteroatoms. The van der Waals surface area contributed by atoms with Gasteiger partial charge in [0, 0.05) is 17.8 Å². The zero-order valence-corrected chi connectivity index (χ0v) is 17.8. The number of alkyl halides is 3. The van der Waals surface area contributed by atoms with Crippen molar-refractivity contribution in [1.82, 2.24) is 10.6 Å². The van der Waals surface area contributed by atoms with E-state index >= 15 is 0 Å². The second-order valence-electron chi connectivity index (χ2n) is 5.66. The fourth-order valence-electron chi connectivity index (χ4n) is 2.17. The van der Waals surface area contributed by atoms with E-state index < -0.39 is 37.1 Å². The Hall–Kier alpha value is -2.73. The van der Waals surface area contributed by atoms with Crippen molar-refractivity contribution in [2.45, 2.75) is 9.96 Å². The quantitative estimate of drug-likeness (QED) is 0.181. The number of nitro benzene ring substituents is 2. The monoisotopic (exact) mass is 491 g/mol. The highest BCUT2D eigenvalue weighted by molar-refractivity contribution is 7.80. The lowest BCUT2D eigenvalue weighted by Crippen LogP contribution is -2.56. The molecule has 0 radical (unpaired) electrons. The van der Waals surface area contributed by atoms with Crippen LogP contribution >= 0.6 is 47.0 Å². The van der Waals surface area contributed by atoms with Crippen LogP contribution in [0.15, 0.2) is 48.5 Å². The first-order valence-electron chi connectivity index (χ1n) is 7.91. The normalized spacial score (nSPS) is 11.8. The third kappa shape index (κ3) is 6.66. The van der Waals surface area contributed by atoms with E-state index in [4.69, 9.17) is 47.0 Å². The molecule has 0 heterocycles. The van der Waals surface area contributed by atoms with Crippen molar-refractivity contribution in [2.24, 2.45) is 0 Å². The number of nitrogens with one attached hydrogen (secondary N) is 3. The number of non-ortho nitro benzene ring substituents is 2. The van der Waals surface area contributed by atoms with E-state index in [0.717, 1.165) is 18.2 Å². The molecule has 0 aromatic heterocycles. The predicted molar refractivity (Wildman–Crippen MR) is 117 cm³/mol. The van der Waals surface area contributed by atoms with Gasteiger partial charge in [-0.15, -0.1) is 0 Å². The third-order valence-corrected chi connectivity index (χ3v) is 4.37. The van der Waals surface area contributed by atoms with Crippen molar-refractivity contribution in [1.29, 1.82) is 0 Å². The van der Waals surface area contributed by atoms with E-state index in [9.17, 15) is 25.0 Å². The smallest absolute Gasteiger partial charge is 0.277 e. The molecule has 30 heavy (non-hydrogen) atoms. The second-order valence-corrected chi connectivity index (χ2v) is 8.44. The topological polar surface area (TPSA) is 139 Å². The highest BCUT2D eigenvalue weighted by Crippen LogP contribution is 2.30. The number of rotatable bonds is 6. The fourth-order valence-corrected chi connectivity index (χ4v) is 2.73. The number of carbonyl (C=O) groups is 1.